The van der Waals surface area contributed by atoms with Crippen LogP contribution in [0.2, 0.25) is 0 Å². The Morgan fingerprint density at radius 2 is 2.14 bits per heavy atom. The van der Waals surface area contributed by atoms with Crippen LogP contribution in [0.5, 0.6) is 0 Å². The first kappa shape index (κ1) is 23.3. The Morgan fingerprint density at radius 3 is 2.79 bits per heavy atom. The highest BCUT2D eigenvalue weighted by Gasteiger charge is 2.04. The van der Waals surface area contributed by atoms with Gasteiger partial charge in [0.1, 0.15) is 6.54 Å². The van der Waals surface area contributed by atoms with Crippen LogP contribution in [0.15, 0.2) is 62.5 Å². The molecule has 7 nitrogen and oxygen atoms in total. The minimum absolute atomic E-state index is 0.0395. The van der Waals surface area contributed by atoms with Gasteiger partial charge in [-0.3, -0.25) is 9.52 Å². The number of nitrogens with one attached hydrogen (secondary N) is 2. The second-order valence-electron chi connectivity index (χ2n) is 5.95. The fourth-order valence-corrected chi connectivity index (χ4v) is 4.85. The monoisotopic (exact) mass is 497 g/mol. The Labute approximate surface area is 186 Å². The van der Waals surface area contributed by atoms with E-state index in [0.717, 1.165) is 8.00 Å². The summed E-state index contributed by atoms with van der Waals surface area (Å²) >= 11 is 6.50. The predicted molar refractivity (Wildman–Crippen MR) is 124 cm³/mol. The van der Waals surface area contributed by atoms with Gasteiger partial charge in [-0.1, -0.05) is 18.2 Å². The third-order valence-corrected chi connectivity index (χ3v) is 6.21. The SMILES string of the molecule is COC(=O)CN(N)/C=C(\N)CNSc1ccc(Br)s1.Cc1c[nH]c2ccccc12. The fraction of sp³-hybridized carbons (Fsp3) is 0.211. The normalized spacial score (nSPS) is 11.1. The second-order valence-corrected chi connectivity index (χ2v) is 9.61. The lowest BCUT2D eigenvalue weighted by Crippen LogP contribution is -2.33. The van der Waals surface area contributed by atoms with Gasteiger partial charge < -0.3 is 20.5 Å². The summed E-state index contributed by atoms with van der Waals surface area (Å²) in [6, 6.07) is 12.3. The number of carbonyl (C=O) groups is 1. The van der Waals surface area contributed by atoms with Crippen LogP contribution in [0.3, 0.4) is 0 Å². The quantitative estimate of drug-likeness (QED) is 0.170. The molecule has 0 bridgehead atoms. The molecule has 0 radical (unpaired) electrons. The molecule has 0 amide bonds. The molecule has 0 aliphatic carbocycles. The molecule has 29 heavy (non-hydrogen) atoms. The van der Waals surface area contributed by atoms with Gasteiger partial charge >= 0.3 is 5.97 Å². The summed E-state index contributed by atoms with van der Waals surface area (Å²) in [6.07, 6.45) is 3.53. The van der Waals surface area contributed by atoms with Crippen molar-refractivity contribution in [3.8, 4) is 0 Å². The molecule has 1 aromatic carbocycles. The van der Waals surface area contributed by atoms with Crippen LogP contribution in [-0.2, 0) is 9.53 Å². The molecule has 6 N–H and O–H groups in total. The lowest BCUT2D eigenvalue weighted by molar-refractivity contribution is -0.141. The summed E-state index contributed by atoms with van der Waals surface area (Å²) in [7, 11) is 1.31. The number of nitrogens with zero attached hydrogens (tertiary/aromatic N) is 1. The number of methoxy groups -OCH3 is 1. The van der Waals surface area contributed by atoms with E-state index in [4.69, 9.17) is 11.6 Å². The first-order valence-corrected chi connectivity index (χ1v) is 11.0. The van der Waals surface area contributed by atoms with E-state index in [9.17, 15) is 4.79 Å². The maximum atomic E-state index is 11.0. The number of hydrogen-bond acceptors (Lipinski definition) is 8. The van der Waals surface area contributed by atoms with Crippen LogP contribution in [0.1, 0.15) is 5.56 Å². The summed E-state index contributed by atoms with van der Waals surface area (Å²) in [5, 5.41) is 2.51. The maximum Gasteiger partial charge on any atom is 0.326 e. The molecular weight excluding hydrogens is 474 g/mol. The highest BCUT2D eigenvalue weighted by molar-refractivity contribution is 9.11. The number of hydrogen-bond donors (Lipinski definition) is 4. The van der Waals surface area contributed by atoms with Crippen molar-refractivity contribution in [3.05, 3.63) is 63.8 Å². The minimum atomic E-state index is -0.419. The van der Waals surface area contributed by atoms with Crippen molar-refractivity contribution in [3.63, 3.8) is 0 Å². The van der Waals surface area contributed by atoms with E-state index in [1.54, 1.807) is 11.3 Å². The van der Waals surface area contributed by atoms with Crippen LogP contribution in [0.4, 0.5) is 0 Å². The Balaban J connectivity index is 0.000000248. The zero-order valence-corrected chi connectivity index (χ0v) is 19.4. The number of carbonyl (C=O) groups excluding carboxylic acids is 1. The molecular formula is C19H24BrN5O2S2. The summed E-state index contributed by atoms with van der Waals surface area (Å²) in [4.78, 5) is 14.2. The van der Waals surface area contributed by atoms with Gasteiger partial charge in [-0.15, -0.1) is 11.3 Å². The molecule has 0 atom stereocenters. The largest absolute Gasteiger partial charge is 0.468 e. The lowest BCUT2D eigenvalue weighted by Gasteiger charge is -2.13. The lowest BCUT2D eigenvalue weighted by atomic mass is 10.2. The Morgan fingerprint density at radius 1 is 1.38 bits per heavy atom. The van der Waals surface area contributed by atoms with E-state index in [1.165, 1.54) is 46.7 Å². The first-order chi connectivity index (χ1) is 13.9. The molecule has 3 aromatic rings. The molecule has 2 aromatic heterocycles. The first-order valence-electron chi connectivity index (χ1n) is 8.61. The molecule has 3 rings (SSSR count). The summed E-state index contributed by atoms with van der Waals surface area (Å²) in [5.74, 6) is 5.16. The second kappa shape index (κ2) is 11.9. The van der Waals surface area contributed by atoms with Crippen molar-refractivity contribution < 1.29 is 9.53 Å². The van der Waals surface area contributed by atoms with Gasteiger partial charge in [0.05, 0.1) is 15.1 Å². The highest BCUT2D eigenvalue weighted by atomic mass is 79.9. The number of esters is 1. The number of halogens is 1. The van der Waals surface area contributed by atoms with Gasteiger partial charge in [-0.2, -0.15) is 0 Å². The molecule has 0 spiro atoms. The van der Waals surface area contributed by atoms with Gasteiger partial charge in [0.15, 0.2) is 0 Å². The number of hydrazine groups is 1. The molecule has 10 heteroatoms. The number of ether oxygens (including phenoxy) is 1. The van der Waals surface area contributed by atoms with Crippen LogP contribution in [-0.4, -0.2) is 36.2 Å². The van der Waals surface area contributed by atoms with Gasteiger partial charge in [0.2, 0.25) is 0 Å². The van der Waals surface area contributed by atoms with Gasteiger partial charge in [-0.05, 0) is 58.6 Å². The van der Waals surface area contributed by atoms with E-state index in [0.29, 0.717) is 12.2 Å². The highest BCUT2D eigenvalue weighted by Crippen LogP contribution is 2.28. The number of rotatable bonds is 7. The van der Waals surface area contributed by atoms with E-state index >= 15 is 0 Å². The van der Waals surface area contributed by atoms with E-state index in [1.807, 2.05) is 24.4 Å². The van der Waals surface area contributed by atoms with E-state index in [2.05, 4.69) is 55.5 Å². The number of nitrogens with two attached hydrogens (primary N) is 2. The standard InChI is InChI=1S/C10H15BrN4O2S2.C9H9N/c1-17-9(16)6-15(13)5-7(12)4-14-19-10-3-2-8(11)18-10;1-7-6-10-9-5-3-2-4-8(7)9/h2-3,5,14H,4,6,12-13H2,1H3;2-6,10H,1H3/b7-5-;. The Hall–Kier alpha value is -1.98. The smallest absolute Gasteiger partial charge is 0.326 e. The zero-order chi connectivity index (χ0) is 21.2. The van der Waals surface area contributed by atoms with Gasteiger partial charge in [0, 0.05) is 35.5 Å². The maximum absolute atomic E-state index is 11.0. The van der Waals surface area contributed by atoms with Crippen LogP contribution >= 0.6 is 39.2 Å². The number of H-pyrrole nitrogens is 1. The summed E-state index contributed by atoms with van der Waals surface area (Å²) in [5.41, 5.74) is 8.83. The van der Waals surface area contributed by atoms with Crippen LogP contribution in [0, 0.1) is 6.92 Å². The van der Waals surface area contributed by atoms with E-state index < -0.39 is 5.97 Å². The molecule has 0 fully saturated rings. The summed E-state index contributed by atoms with van der Waals surface area (Å²) < 4.78 is 9.79. The number of fused-ring (bicyclic) bond motifs is 1. The number of thiophene rings is 1. The van der Waals surface area contributed by atoms with Gasteiger partial charge in [0.25, 0.3) is 0 Å². The Bertz CT molecular complexity index is 957. The number of aryl methyl sites for hydroxylation is 1. The minimum Gasteiger partial charge on any atom is -0.468 e. The van der Waals surface area contributed by atoms with E-state index in [-0.39, 0.29) is 6.54 Å². The molecule has 2 heterocycles. The van der Waals surface area contributed by atoms with Crippen molar-refractivity contribution in [1.82, 2.24) is 14.7 Å². The number of aromatic nitrogens is 1. The molecule has 0 aliphatic rings. The third-order valence-electron chi connectivity index (χ3n) is 3.66. The van der Waals surface area contributed by atoms with Crippen molar-refractivity contribution in [2.75, 3.05) is 20.2 Å². The molecule has 0 aliphatic heterocycles. The molecule has 0 saturated heterocycles. The van der Waals surface area contributed by atoms with Gasteiger partial charge in [-0.25, -0.2) is 5.84 Å². The number of aromatic amines is 1. The number of benzene rings is 1. The molecule has 0 saturated carbocycles. The average molecular weight is 498 g/mol. The predicted octanol–water partition coefficient (Wildman–Crippen LogP) is 3.73. The zero-order valence-electron chi connectivity index (χ0n) is 16.1. The topological polar surface area (TPSA) is 109 Å². The molecule has 156 valence electrons. The Kier molecular flexibility index (Phi) is 9.55. The molecule has 0 unspecified atom stereocenters. The van der Waals surface area contributed by atoms with Crippen LogP contribution in [0.25, 0.3) is 10.9 Å². The van der Waals surface area contributed by atoms with Crippen molar-refractivity contribution in [1.29, 1.82) is 0 Å². The fourth-order valence-electron chi connectivity index (χ4n) is 2.28. The third kappa shape index (κ3) is 8.11. The summed E-state index contributed by atoms with van der Waals surface area (Å²) in [6.45, 7) is 2.52. The average Bonchev–Trinajstić information content (AvgIpc) is 3.28. The van der Waals surface area contributed by atoms with Crippen LogP contribution < -0.4 is 16.3 Å². The van der Waals surface area contributed by atoms with Crippen molar-refractivity contribution >= 4 is 56.1 Å². The van der Waals surface area contributed by atoms with Crippen molar-refractivity contribution in [2.45, 2.75) is 11.1 Å². The number of para-hydroxylation sites is 1. The van der Waals surface area contributed by atoms with Crippen molar-refractivity contribution in [2.24, 2.45) is 11.6 Å².